The quantitative estimate of drug-likeness (QED) is 0.852. The number of aryl methyl sites for hydroxylation is 1. The van der Waals surface area contributed by atoms with Gasteiger partial charge in [-0.1, -0.05) is 24.3 Å². The van der Waals surface area contributed by atoms with Crippen molar-refractivity contribution in [1.82, 2.24) is 9.47 Å². The first-order valence-electron chi connectivity index (χ1n) is 6.38. The average Bonchev–Trinajstić information content (AvgIpc) is 2.77. The molecule has 19 heavy (non-hydrogen) atoms. The molecule has 1 aliphatic heterocycles. The minimum atomic E-state index is -0.840. The van der Waals surface area contributed by atoms with Crippen LogP contribution in [-0.2, 0) is 7.05 Å². The van der Waals surface area contributed by atoms with Crippen molar-refractivity contribution in [3.05, 3.63) is 42.1 Å². The van der Waals surface area contributed by atoms with Gasteiger partial charge in [-0.3, -0.25) is 0 Å². The van der Waals surface area contributed by atoms with Gasteiger partial charge in [0.15, 0.2) is 0 Å². The second-order valence-electron chi connectivity index (χ2n) is 4.88. The summed E-state index contributed by atoms with van der Waals surface area (Å²) in [5.74, 6) is 0. The van der Waals surface area contributed by atoms with E-state index in [-0.39, 0.29) is 0 Å². The van der Waals surface area contributed by atoms with E-state index in [1.54, 1.807) is 0 Å². The second kappa shape index (κ2) is 4.46. The molecule has 0 aliphatic carbocycles. The lowest BCUT2D eigenvalue weighted by Gasteiger charge is -2.23. The van der Waals surface area contributed by atoms with Crippen LogP contribution in [0, 0.1) is 0 Å². The highest BCUT2D eigenvalue weighted by molar-refractivity contribution is 5.93. The molecule has 4 heteroatoms. The summed E-state index contributed by atoms with van der Waals surface area (Å²) in [4.78, 5) is 12.3. The van der Waals surface area contributed by atoms with Gasteiger partial charge in [-0.05, 0) is 18.1 Å². The molecule has 3 rings (SSSR count). The van der Waals surface area contributed by atoms with Gasteiger partial charge >= 0.3 is 6.09 Å². The zero-order valence-corrected chi connectivity index (χ0v) is 10.8. The Morgan fingerprint density at radius 3 is 2.79 bits per heavy atom. The lowest BCUT2D eigenvalue weighted by Crippen LogP contribution is -2.33. The molecule has 0 fully saturated rings. The van der Waals surface area contributed by atoms with E-state index < -0.39 is 6.09 Å². The van der Waals surface area contributed by atoms with Gasteiger partial charge in [0, 0.05) is 42.8 Å². The fraction of sp³-hybridized carbons (Fsp3) is 0.267. The highest BCUT2D eigenvalue weighted by atomic mass is 16.4. The number of fused-ring (bicyclic) bond motifs is 1. The molecule has 1 N–H and O–H groups in total. The van der Waals surface area contributed by atoms with Gasteiger partial charge in [0.1, 0.15) is 0 Å². The van der Waals surface area contributed by atoms with E-state index in [1.165, 1.54) is 26.9 Å². The molecular formula is C15H16N2O2. The summed E-state index contributed by atoms with van der Waals surface area (Å²) in [5.41, 5.74) is 3.68. The van der Waals surface area contributed by atoms with Crippen molar-refractivity contribution in [3.63, 3.8) is 0 Å². The smallest absolute Gasteiger partial charge is 0.407 e. The van der Waals surface area contributed by atoms with Crippen LogP contribution in [0.25, 0.3) is 16.5 Å². The SMILES string of the molecule is Cn1cc(C2=CCN(C(=O)O)CC2)c2ccccc21. The molecule has 0 unspecified atom stereocenters. The third-order valence-corrected chi connectivity index (χ3v) is 3.72. The fourth-order valence-electron chi connectivity index (χ4n) is 2.69. The van der Waals surface area contributed by atoms with E-state index in [1.807, 2.05) is 25.3 Å². The highest BCUT2D eigenvalue weighted by Crippen LogP contribution is 2.30. The van der Waals surface area contributed by atoms with Crippen molar-refractivity contribution in [2.24, 2.45) is 7.05 Å². The summed E-state index contributed by atoms with van der Waals surface area (Å²) in [7, 11) is 2.04. The van der Waals surface area contributed by atoms with Crippen molar-refractivity contribution in [2.45, 2.75) is 6.42 Å². The van der Waals surface area contributed by atoms with E-state index in [0.29, 0.717) is 13.1 Å². The van der Waals surface area contributed by atoms with Gasteiger partial charge in [-0.25, -0.2) is 4.79 Å². The Balaban J connectivity index is 2.00. The standard InChI is InChI=1S/C15H16N2O2/c1-16-10-13(12-4-2-3-5-14(12)16)11-6-8-17(9-7-11)15(18)19/h2-6,10H,7-9H2,1H3,(H,18,19). The Labute approximate surface area is 111 Å². The van der Waals surface area contributed by atoms with E-state index in [0.717, 1.165) is 6.42 Å². The molecule has 0 atom stereocenters. The van der Waals surface area contributed by atoms with Crippen LogP contribution in [-0.4, -0.2) is 33.8 Å². The topological polar surface area (TPSA) is 45.5 Å². The molecule has 2 aromatic rings. The summed E-state index contributed by atoms with van der Waals surface area (Å²) in [5, 5.41) is 10.2. The zero-order chi connectivity index (χ0) is 13.4. The lowest BCUT2D eigenvalue weighted by atomic mass is 9.99. The molecule has 1 amide bonds. The molecule has 98 valence electrons. The minimum absolute atomic E-state index is 0.480. The number of carboxylic acid groups (broad SMARTS) is 1. The molecule has 0 saturated carbocycles. The maximum atomic E-state index is 10.9. The molecule has 2 heterocycles. The fourth-order valence-corrected chi connectivity index (χ4v) is 2.69. The van der Waals surface area contributed by atoms with Gasteiger partial charge in [-0.15, -0.1) is 0 Å². The Bertz CT molecular complexity index is 670. The van der Waals surface area contributed by atoms with Crippen LogP contribution in [0.1, 0.15) is 12.0 Å². The van der Waals surface area contributed by atoms with Crippen LogP contribution in [0.5, 0.6) is 0 Å². The van der Waals surface area contributed by atoms with Crippen molar-refractivity contribution in [3.8, 4) is 0 Å². The monoisotopic (exact) mass is 256 g/mol. The number of hydrogen-bond donors (Lipinski definition) is 1. The van der Waals surface area contributed by atoms with Crippen LogP contribution in [0.15, 0.2) is 36.5 Å². The number of para-hydroxylation sites is 1. The number of nitrogens with zero attached hydrogens (tertiary/aromatic N) is 2. The molecule has 4 nitrogen and oxygen atoms in total. The van der Waals surface area contributed by atoms with Crippen molar-refractivity contribution >= 4 is 22.6 Å². The largest absolute Gasteiger partial charge is 0.465 e. The predicted octanol–water partition coefficient (Wildman–Crippen LogP) is 2.95. The van der Waals surface area contributed by atoms with Gasteiger partial charge in [0.05, 0.1) is 0 Å². The van der Waals surface area contributed by atoms with Crippen molar-refractivity contribution in [1.29, 1.82) is 0 Å². The van der Waals surface area contributed by atoms with E-state index in [2.05, 4.69) is 22.9 Å². The first-order chi connectivity index (χ1) is 9.16. The van der Waals surface area contributed by atoms with Gasteiger partial charge in [0.25, 0.3) is 0 Å². The van der Waals surface area contributed by atoms with E-state index >= 15 is 0 Å². The summed E-state index contributed by atoms with van der Waals surface area (Å²) in [6.45, 7) is 1.05. The van der Waals surface area contributed by atoms with Crippen molar-refractivity contribution in [2.75, 3.05) is 13.1 Å². The van der Waals surface area contributed by atoms with Gasteiger partial charge < -0.3 is 14.6 Å². The summed E-state index contributed by atoms with van der Waals surface area (Å²) < 4.78 is 2.12. The predicted molar refractivity (Wildman–Crippen MR) is 75.1 cm³/mol. The normalized spacial score (nSPS) is 15.6. The Hall–Kier alpha value is -2.23. The number of benzene rings is 1. The lowest BCUT2D eigenvalue weighted by molar-refractivity contribution is 0.150. The van der Waals surface area contributed by atoms with Gasteiger partial charge in [-0.2, -0.15) is 0 Å². The maximum absolute atomic E-state index is 10.9. The Morgan fingerprint density at radius 1 is 1.32 bits per heavy atom. The molecule has 1 aliphatic rings. The van der Waals surface area contributed by atoms with Gasteiger partial charge in [0.2, 0.25) is 0 Å². The number of aromatic nitrogens is 1. The number of rotatable bonds is 1. The second-order valence-corrected chi connectivity index (χ2v) is 4.88. The van der Waals surface area contributed by atoms with Crippen molar-refractivity contribution < 1.29 is 9.90 Å². The van der Waals surface area contributed by atoms with Crippen LogP contribution in [0.4, 0.5) is 4.79 Å². The van der Waals surface area contributed by atoms with Crippen LogP contribution >= 0.6 is 0 Å². The number of hydrogen-bond acceptors (Lipinski definition) is 1. The number of carbonyl (C=O) groups is 1. The molecule has 1 aromatic carbocycles. The third-order valence-electron chi connectivity index (χ3n) is 3.72. The Morgan fingerprint density at radius 2 is 2.11 bits per heavy atom. The summed E-state index contributed by atoms with van der Waals surface area (Å²) in [6, 6.07) is 8.30. The maximum Gasteiger partial charge on any atom is 0.407 e. The first kappa shape index (κ1) is 11.8. The minimum Gasteiger partial charge on any atom is -0.465 e. The zero-order valence-electron chi connectivity index (χ0n) is 10.8. The summed E-state index contributed by atoms with van der Waals surface area (Å²) in [6.07, 6.45) is 4.10. The Kier molecular flexibility index (Phi) is 2.78. The molecule has 0 saturated heterocycles. The van der Waals surface area contributed by atoms with E-state index in [4.69, 9.17) is 5.11 Å². The van der Waals surface area contributed by atoms with Crippen LogP contribution in [0.3, 0.4) is 0 Å². The molecular weight excluding hydrogens is 240 g/mol. The molecule has 0 bridgehead atoms. The number of amides is 1. The van der Waals surface area contributed by atoms with Crippen LogP contribution in [0.2, 0.25) is 0 Å². The summed E-state index contributed by atoms with van der Waals surface area (Å²) >= 11 is 0. The molecule has 0 spiro atoms. The molecule has 0 radical (unpaired) electrons. The van der Waals surface area contributed by atoms with E-state index in [9.17, 15) is 4.79 Å². The first-order valence-corrected chi connectivity index (χ1v) is 6.38. The third kappa shape index (κ3) is 1.99. The highest BCUT2D eigenvalue weighted by Gasteiger charge is 2.18. The van der Waals surface area contributed by atoms with Crippen LogP contribution < -0.4 is 0 Å². The molecule has 1 aromatic heterocycles. The average molecular weight is 256 g/mol.